The third-order valence-corrected chi connectivity index (χ3v) is 7.73. The Morgan fingerprint density at radius 2 is 1.54 bits per heavy atom. The third-order valence-electron chi connectivity index (χ3n) is 7.73. The van der Waals surface area contributed by atoms with E-state index in [0.29, 0.717) is 16.7 Å². The Balaban J connectivity index is 2.35. The molecule has 1 N–H and O–H groups in total. The van der Waals surface area contributed by atoms with Crippen LogP contribution in [0.3, 0.4) is 0 Å². The van der Waals surface area contributed by atoms with Gasteiger partial charge in [-0.25, -0.2) is 0 Å². The SMILES string of the molecule is CC(=O)O[C@H]1C(=O)[C@@]2(C)C/C(=C\[C@H](OC(C)=O)[C@@H]3CC(=O)C(C)=C1C3(C)C)[C@@H](O)C[C@@H]2OC(C)=O. The average Bonchev–Trinajstić information content (AvgIpc) is 2.71. The smallest absolute Gasteiger partial charge is 0.303 e. The van der Waals surface area contributed by atoms with Gasteiger partial charge in [0.1, 0.15) is 12.2 Å². The summed E-state index contributed by atoms with van der Waals surface area (Å²) in [5.74, 6) is -3.22. The van der Waals surface area contributed by atoms with Gasteiger partial charge in [0.05, 0.1) is 11.5 Å². The Hall–Kier alpha value is -2.81. The zero-order valence-electron chi connectivity index (χ0n) is 21.3. The molecule has 3 rings (SSSR count). The van der Waals surface area contributed by atoms with Crippen molar-refractivity contribution >= 4 is 29.5 Å². The molecule has 0 heterocycles. The number of aliphatic hydroxyl groups is 1. The number of fused-ring (bicyclic) bond motifs is 4. The molecule has 0 radical (unpaired) electrons. The molecule has 9 nitrogen and oxygen atoms in total. The van der Waals surface area contributed by atoms with E-state index < -0.39 is 64.9 Å². The maximum absolute atomic E-state index is 14.2. The van der Waals surface area contributed by atoms with E-state index in [0.717, 1.165) is 0 Å². The van der Waals surface area contributed by atoms with E-state index in [9.17, 15) is 29.1 Å². The molecule has 4 bridgehead atoms. The predicted molar refractivity (Wildman–Crippen MR) is 123 cm³/mol. The van der Waals surface area contributed by atoms with Crippen LogP contribution < -0.4 is 0 Å². The van der Waals surface area contributed by atoms with E-state index in [1.807, 2.05) is 13.8 Å². The lowest BCUT2D eigenvalue weighted by Gasteiger charge is -2.50. The van der Waals surface area contributed by atoms with Crippen LogP contribution in [0.4, 0.5) is 0 Å². The Morgan fingerprint density at radius 1 is 0.971 bits per heavy atom. The minimum atomic E-state index is -1.41. The number of allylic oxidation sites excluding steroid dienone is 1. The van der Waals surface area contributed by atoms with E-state index in [1.165, 1.54) is 20.8 Å². The highest BCUT2D eigenvalue weighted by atomic mass is 16.6. The zero-order chi connectivity index (χ0) is 26.5. The van der Waals surface area contributed by atoms with E-state index in [-0.39, 0.29) is 25.0 Å². The van der Waals surface area contributed by atoms with Crippen molar-refractivity contribution in [3.63, 3.8) is 0 Å². The van der Waals surface area contributed by atoms with Crippen LogP contribution in [0.5, 0.6) is 0 Å². The van der Waals surface area contributed by atoms with Gasteiger partial charge in [0.15, 0.2) is 17.7 Å². The maximum atomic E-state index is 14.2. The number of hydrogen-bond acceptors (Lipinski definition) is 9. The summed E-state index contributed by atoms with van der Waals surface area (Å²) in [6.45, 7) is 10.5. The van der Waals surface area contributed by atoms with Gasteiger partial charge in [-0.3, -0.25) is 24.0 Å². The van der Waals surface area contributed by atoms with E-state index >= 15 is 0 Å². The van der Waals surface area contributed by atoms with Crippen LogP contribution in [-0.2, 0) is 38.2 Å². The number of hydrogen-bond donors (Lipinski definition) is 1. The van der Waals surface area contributed by atoms with Crippen molar-refractivity contribution in [2.45, 2.75) is 92.1 Å². The molecule has 0 aliphatic heterocycles. The Morgan fingerprint density at radius 3 is 2.09 bits per heavy atom. The minimum Gasteiger partial charge on any atom is -0.461 e. The summed E-state index contributed by atoms with van der Waals surface area (Å²) >= 11 is 0. The van der Waals surface area contributed by atoms with Gasteiger partial charge < -0.3 is 19.3 Å². The lowest BCUT2D eigenvalue weighted by Crippen LogP contribution is -2.56. The fraction of sp³-hybridized carbons (Fsp3) is 0.654. The second-order valence-electron chi connectivity index (χ2n) is 10.6. The van der Waals surface area contributed by atoms with Crippen molar-refractivity contribution in [1.82, 2.24) is 0 Å². The summed E-state index contributed by atoms with van der Waals surface area (Å²) in [7, 11) is 0. The lowest BCUT2D eigenvalue weighted by molar-refractivity contribution is -0.171. The molecule has 35 heavy (non-hydrogen) atoms. The molecule has 0 saturated heterocycles. The van der Waals surface area contributed by atoms with Crippen LogP contribution in [0.2, 0.25) is 0 Å². The van der Waals surface area contributed by atoms with Crippen LogP contribution in [0.1, 0.15) is 67.7 Å². The third kappa shape index (κ3) is 4.83. The zero-order valence-corrected chi connectivity index (χ0v) is 21.3. The number of ether oxygens (including phenoxy) is 3. The number of ketones is 2. The summed E-state index contributed by atoms with van der Waals surface area (Å²) in [5, 5.41) is 10.9. The Bertz CT molecular complexity index is 1030. The summed E-state index contributed by atoms with van der Waals surface area (Å²) in [4.78, 5) is 63.5. The summed E-state index contributed by atoms with van der Waals surface area (Å²) in [6, 6.07) is 0. The molecule has 6 atom stereocenters. The number of carbonyl (C=O) groups excluding carboxylic acids is 5. The first-order valence-electron chi connectivity index (χ1n) is 11.8. The number of Topliss-reactive ketones (excluding diaryl/α,β-unsaturated/α-hetero) is 2. The molecule has 0 spiro atoms. The van der Waals surface area contributed by atoms with Crippen LogP contribution in [0, 0.1) is 16.7 Å². The molecule has 1 fully saturated rings. The number of carbonyl (C=O) groups is 5. The molecule has 192 valence electrons. The lowest BCUT2D eigenvalue weighted by atomic mass is 9.57. The number of esters is 3. The average molecular weight is 491 g/mol. The van der Waals surface area contributed by atoms with Crippen LogP contribution in [-0.4, -0.2) is 59.0 Å². The van der Waals surface area contributed by atoms with Crippen molar-refractivity contribution in [2.75, 3.05) is 0 Å². The van der Waals surface area contributed by atoms with Crippen molar-refractivity contribution in [3.8, 4) is 0 Å². The van der Waals surface area contributed by atoms with Crippen molar-refractivity contribution in [2.24, 2.45) is 16.7 Å². The normalized spacial score (nSPS) is 36.0. The van der Waals surface area contributed by atoms with Crippen molar-refractivity contribution in [1.29, 1.82) is 0 Å². The molecule has 0 amide bonds. The minimum absolute atomic E-state index is 0.00605. The van der Waals surface area contributed by atoms with Gasteiger partial charge in [0, 0.05) is 39.5 Å². The van der Waals surface area contributed by atoms with E-state index in [2.05, 4.69) is 0 Å². The fourth-order valence-electron chi connectivity index (χ4n) is 5.91. The maximum Gasteiger partial charge on any atom is 0.303 e. The monoisotopic (exact) mass is 490 g/mol. The highest BCUT2D eigenvalue weighted by molar-refractivity contribution is 6.01. The van der Waals surface area contributed by atoms with Crippen molar-refractivity contribution < 1.29 is 43.3 Å². The summed E-state index contributed by atoms with van der Waals surface area (Å²) in [5.41, 5.74) is -1.18. The fourth-order valence-corrected chi connectivity index (χ4v) is 5.91. The van der Waals surface area contributed by atoms with E-state index in [4.69, 9.17) is 14.2 Å². The molecular formula is C26H34O9. The highest BCUT2D eigenvalue weighted by Gasteiger charge is 2.57. The van der Waals surface area contributed by atoms with Gasteiger partial charge in [-0.1, -0.05) is 13.8 Å². The Labute approximate surface area is 204 Å². The molecule has 0 aromatic heterocycles. The topological polar surface area (TPSA) is 133 Å². The van der Waals surface area contributed by atoms with Crippen molar-refractivity contribution in [3.05, 3.63) is 22.8 Å². The highest BCUT2D eigenvalue weighted by Crippen LogP contribution is 2.52. The second-order valence-corrected chi connectivity index (χ2v) is 10.6. The molecule has 3 aliphatic carbocycles. The largest absolute Gasteiger partial charge is 0.461 e. The van der Waals surface area contributed by atoms with Gasteiger partial charge >= 0.3 is 17.9 Å². The number of aliphatic hydroxyl groups excluding tert-OH is 1. The molecular weight excluding hydrogens is 456 g/mol. The molecule has 9 heteroatoms. The van der Waals surface area contributed by atoms with Gasteiger partial charge in [-0.2, -0.15) is 0 Å². The van der Waals surface area contributed by atoms with Crippen LogP contribution in [0.15, 0.2) is 22.8 Å². The summed E-state index contributed by atoms with van der Waals surface area (Å²) < 4.78 is 16.7. The van der Waals surface area contributed by atoms with Gasteiger partial charge in [-0.05, 0) is 48.5 Å². The standard InChI is InChI=1S/C26H34O9/c1-12-18(30)9-17-20(33-13(2)27)8-16-11-26(7,21(10-19(16)31)34-14(3)28)24(32)23(35-15(4)29)22(12)25(17,5)6/h8,17,19-21,23,31H,9-11H2,1-7H3/b16-8+/t17-,19-,20-,21-,23+,26-/m0/s1. The molecule has 0 aromatic rings. The quantitative estimate of drug-likeness (QED) is 0.359. The first-order valence-corrected chi connectivity index (χ1v) is 11.8. The van der Waals surface area contributed by atoms with Crippen LogP contribution in [0.25, 0.3) is 0 Å². The molecule has 0 unspecified atom stereocenters. The molecule has 1 saturated carbocycles. The Kier molecular flexibility index (Phi) is 7.14. The second kappa shape index (κ2) is 9.33. The first-order chi connectivity index (χ1) is 16.1. The number of rotatable bonds is 3. The van der Waals surface area contributed by atoms with Crippen LogP contribution >= 0.6 is 0 Å². The predicted octanol–water partition coefficient (Wildman–Crippen LogP) is 2.38. The first kappa shape index (κ1) is 26.8. The molecule has 3 aliphatic rings. The molecule has 0 aromatic carbocycles. The van der Waals surface area contributed by atoms with E-state index in [1.54, 1.807) is 19.9 Å². The summed E-state index contributed by atoms with van der Waals surface area (Å²) in [6.07, 6.45) is -2.73. The van der Waals surface area contributed by atoms with Gasteiger partial charge in [0.25, 0.3) is 0 Å². The van der Waals surface area contributed by atoms with Gasteiger partial charge in [0.2, 0.25) is 0 Å². The van der Waals surface area contributed by atoms with Gasteiger partial charge in [-0.15, -0.1) is 0 Å².